The maximum atomic E-state index is 14.2. The van der Waals surface area contributed by atoms with Crippen LogP contribution in [0.25, 0.3) is 22.3 Å². The molecule has 0 spiro atoms. The molecule has 4 aromatic rings. The molecule has 3 aliphatic heterocycles. The van der Waals surface area contributed by atoms with E-state index in [2.05, 4.69) is 81.6 Å². The van der Waals surface area contributed by atoms with Crippen LogP contribution in [0.15, 0.2) is 25.3 Å². The normalized spacial score (nSPS) is 33.2. The molecule has 0 aromatic carbocycles. The van der Waals surface area contributed by atoms with Crippen molar-refractivity contribution >= 4 is 66.1 Å². The van der Waals surface area contributed by atoms with E-state index in [0.717, 1.165) is 0 Å². The van der Waals surface area contributed by atoms with Gasteiger partial charge in [-0.3, -0.25) is 18.2 Å². The fourth-order valence-electron chi connectivity index (χ4n) is 6.72. The van der Waals surface area contributed by atoms with Crippen LogP contribution >= 0.6 is 15.5 Å². The minimum absolute atomic E-state index is 0.140. The third kappa shape index (κ3) is 8.17. The van der Waals surface area contributed by atoms with Crippen LogP contribution in [-0.4, -0.2) is 115 Å². The number of hydrogen-bond donors (Lipinski definition) is 6. The number of imidazole rings is 2. The fraction of sp³-hybridized carbons (Fsp3) is 0.688. The lowest BCUT2D eigenvalue weighted by atomic mass is 10.1. The number of fused-ring (bicyclic) bond motifs is 4. The first-order valence-electron chi connectivity index (χ1n) is 18.8. The van der Waals surface area contributed by atoms with Gasteiger partial charge in [-0.2, -0.15) is 0 Å². The molecule has 0 saturated carbocycles. The lowest BCUT2D eigenvalue weighted by Crippen LogP contribution is -2.54. The number of hydrogen-bond acceptors (Lipinski definition) is 16. The largest absolute Gasteiger partial charge is 0.408 e. The average molecular weight is 885 g/mol. The number of nitrogens with one attached hydrogen (secondary N) is 2. The van der Waals surface area contributed by atoms with E-state index in [1.54, 1.807) is 9.13 Å². The van der Waals surface area contributed by atoms with Crippen LogP contribution in [0.3, 0.4) is 0 Å². The van der Waals surface area contributed by atoms with Crippen molar-refractivity contribution in [3.8, 4) is 0 Å². The highest BCUT2D eigenvalue weighted by atomic mass is 31.2. The molecule has 10 atom stereocenters. The first-order valence-corrected chi connectivity index (χ1v) is 27.8. The molecule has 0 aliphatic carbocycles. The van der Waals surface area contributed by atoms with Crippen LogP contribution < -0.4 is 21.6 Å². The van der Waals surface area contributed by atoms with E-state index in [9.17, 15) is 18.9 Å². The summed E-state index contributed by atoms with van der Waals surface area (Å²) in [5.74, 6) is 0.281. The van der Waals surface area contributed by atoms with Gasteiger partial charge in [0.2, 0.25) is 0 Å². The van der Waals surface area contributed by atoms with Crippen LogP contribution in [-0.2, 0) is 36.5 Å². The molecule has 22 nitrogen and oxygen atoms in total. The highest BCUT2D eigenvalue weighted by Crippen LogP contribution is 2.51. The minimum Gasteiger partial charge on any atom is -0.408 e. The van der Waals surface area contributed by atoms with Crippen molar-refractivity contribution in [1.82, 2.24) is 49.2 Å². The van der Waals surface area contributed by atoms with E-state index < -0.39 is 94.3 Å². The predicted molar refractivity (Wildman–Crippen MR) is 217 cm³/mol. The van der Waals surface area contributed by atoms with E-state index >= 15 is 0 Å². The zero-order valence-electron chi connectivity index (χ0n) is 34.1. The SMILES string of the molecule is CC(C)(C)[Si](C)(C)O[C@@H]1[C@@H]2NP(=O)(O)OC[C@H]3O[C@@H](n4cnc5c(N)ncnc54)[C@H](O[Si](C)(C)C(C)(C)C)[C@@H]3NP(=O)(O)OC[C@H]2O[C@H]1n1cnc2c(N)ncnc21. The van der Waals surface area contributed by atoms with Crippen molar-refractivity contribution in [2.45, 2.75) is 127 Å². The summed E-state index contributed by atoms with van der Waals surface area (Å²) in [7, 11) is -14.9. The van der Waals surface area contributed by atoms with Crippen LogP contribution in [0.2, 0.25) is 36.3 Å². The molecule has 3 aliphatic rings. The molecule has 26 heteroatoms. The van der Waals surface area contributed by atoms with Crippen molar-refractivity contribution in [2.24, 2.45) is 0 Å². The number of aromatic nitrogens is 8. The van der Waals surface area contributed by atoms with Crippen LogP contribution in [0.5, 0.6) is 0 Å². The molecular formula is C32H54N12O10P2Si2. The molecule has 0 bridgehead atoms. The summed E-state index contributed by atoms with van der Waals surface area (Å²) in [5.41, 5.74) is 13.5. The molecule has 320 valence electrons. The quantitative estimate of drug-likeness (QED) is 0.119. The fourth-order valence-corrected chi connectivity index (χ4v) is 11.5. The van der Waals surface area contributed by atoms with Crippen molar-refractivity contribution in [2.75, 3.05) is 24.7 Å². The van der Waals surface area contributed by atoms with Crippen LogP contribution in [0.4, 0.5) is 11.6 Å². The molecule has 7 rings (SSSR count). The molecule has 2 unspecified atom stereocenters. The molecule has 4 aromatic heterocycles. The van der Waals surface area contributed by atoms with Gasteiger partial charge in [-0.15, -0.1) is 0 Å². The third-order valence-corrected chi connectivity index (χ3v) is 23.1. The lowest BCUT2D eigenvalue weighted by Gasteiger charge is -2.41. The Morgan fingerprint density at radius 2 is 1.05 bits per heavy atom. The summed E-state index contributed by atoms with van der Waals surface area (Å²) in [5, 5.41) is 4.92. The lowest BCUT2D eigenvalue weighted by molar-refractivity contribution is -0.0461. The van der Waals surface area contributed by atoms with Gasteiger partial charge in [-0.05, 0) is 36.3 Å². The van der Waals surface area contributed by atoms with Crippen molar-refractivity contribution in [3.63, 3.8) is 0 Å². The standard InChI is InChI=1S/C32H54N12O10P2Si2/c1-31(2,3)57(7,8)53-23-19-17(51-29(23)43-15-39-21-25(33)35-13-37-27(21)43)11-49-56(47,48)42-20-18(12-50-55(45,46)41-19)52-30(24(20)54-58(9,10)32(4,5)6)44-16-40-22-26(34)36-14-38-28(22)44/h13-20,23-24,29-30H,11-12H2,1-10H3,(H2,33,35,37)(H2,34,36,38)(H2,41,45,46)(H2,42,47,48)/t17-,18-,19-,20-,23-,24-,29-,30-/m1/s1. The Labute approximate surface area is 337 Å². The summed E-state index contributed by atoms with van der Waals surface area (Å²) in [6.07, 6.45) is -0.827. The van der Waals surface area contributed by atoms with E-state index in [1.165, 1.54) is 25.3 Å². The highest BCUT2D eigenvalue weighted by molar-refractivity contribution is 7.50. The maximum absolute atomic E-state index is 14.2. The van der Waals surface area contributed by atoms with Crippen molar-refractivity contribution in [1.29, 1.82) is 0 Å². The molecule has 7 heterocycles. The van der Waals surface area contributed by atoms with E-state index in [0.29, 0.717) is 22.3 Å². The van der Waals surface area contributed by atoms with Gasteiger partial charge in [0.1, 0.15) is 48.1 Å². The van der Waals surface area contributed by atoms with Gasteiger partial charge in [0, 0.05) is 0 Å². The molecule has 3 fully saturated rings. The van der Waals surface area contributed by atoms with Crippen molar-refractivity contribution in [3.05, 3.63) is 25.3 Å². The van der Waals surface area contributed by atoms with Gasteiger partial charge in [-0.1, -0.05) is 41.5 Å². The minimum atomic E-state index is -4.75. The molecule has 3 saturated heterocycles. The highest BCUT2D eigenvalue weighted by Gasteiger charge is 2.57. The summed E-state index contributed by atoms with van der Waals surface area (Å²) in [4.78, 5) is 48.8. The zero-order valence-corrected chi connectivity index (χ0v) is 37.9. The number of nitrogens with zero attached hydrogens (tertiary/aromatic N) is 8. The monoisotopic (exact) mass is 884 g/mol. The van der Waals surface area contributed by atoms with Gasteiger partial charge in [0.15, 0.2) is 52.0 Å². The van der Waals surface area contributed by atoms with E-state index in [-0.39, 0.29) is 21.7 Å². The summed E-state index contributed by atoms with van der Waals surface area (Å²) >= 11 is 0. The second-order valence-corrected chi connectivity index (χ2v) is 30.6. The number of rotatable bonds is 6. The molecule has 8 N–H and O–H groups in total. The maximum Gasteiger partial charge on any atom is 0.403 e. The van der Waals surface area contributed by atoms with Crippen LogP contribution in [0.1, 0.15) is 54.0 Å². The van der Waals surface area contributed by atoms with Gasteiger partial charge < -0.3 is 39.6 Å². The number of ether oxygens (including phenoxy) is 2. The van der Waals surface area contributed by atoms with Gasteiger partial charge in [0.05, 0.1) is 38.0 Å². The van der Waals surface area contributed by atoms with Gasteiger partial charge in [0.25, 0.3) is 0 Å². The third-order valence-electron chi connectivity index (χ3n) is 11.9. The second-order valence-electron chi connectivity index (χ2n) is 17.9. The number of anilines is 2. The van der Waals surface area contributed by atoms with Gasteiger partial charge in [-0.25, -0.2) is 49.2 Å². The van der Waals surface area contributed by atoms with E-state index in [4.69, 9.17) is 38.8 Å². The number of nitrogens with two attached hydrogens (primary N) is 2. The number of nitrogen functional groups attached to an aromatic ring is 2. The van der Waals surface area contributed by atoms with Crippen molar-refractivity contribution < 1.29 is 46.3 Å². The Balaban J connectivity index is 1.27. The topological polar surface area (TPSA) is 293 Å². The Hall–Kier alpha value is -2.81. The second kappa shape index (κ2) is 15.0. The zero-order chi connectivity index (χ0) is 42.4. The first kappa shape index (κ1) is 43.3. The Bertz CT molecular complexity index is 2110. The molecule has 58 heavy (non-hydrogen) atoms. The summed E-state index contributed by atoms with van der Waals surface area (Å²) < 4.78 is 70.3. The Morgan fingerprint density at radius 3 is 1.40 bits per heavy atom. The first-order chi connectivity index (χ1) is 26.8. The molecular weight excluding hydrogens is 831 g/mol. The van der Waals surface area contributed by atoms with E-state index in [1.807, 2.05) is 26.2 Å². The smallest absolute Gasteiger partial charge is 0.403 e. The summed E-state index contributed by atoms with van der Waals surface area (Å²) in [6, 6.07) is -2.26. The molecule has 0 amide bonds. The predicted octanol–water partition coefficient (Wildman–Crippen LogP) is 3.57. The van der Waals surface area contributed by atoms with Crippen LogP contribution in [0, 0.1) is 0 Å². The Kier molecular flexibility index (Phi) is 11.2. The molecule has 0 radical (unpaired) electrons. The van der Waals surface area contributed by atoms with Gasteiger partial charge >= 0.3 is 15.5 Å². The average Bonchev–Trinajstić information content (AvgIpc) is 3.87. The Morgan fingerprint density at radius 1 is 0.690 bits per heavy atom. The summed E-state index contributed by atoms with van der Waals surface area (Å²) in [6.45, 7) is 19.3.